The van der Waals surface area contributed by atoms with Gasteiger partial charge in [-0.05, 0) is 25.0 Å². The predicted molar refractivity (Wildman–Crippen MR) is 88.9 cm³/mol. The average molecular weight is 325 g/mol. The van der Waals surface area contributed by atoms with Crippen LogP contribution in [0.15, 0.2) is 43.1 Å². The first kappa shape index (κ1) is 15.9. The first-order chi connectivity index (χ1) is 11.6. The average Bonchev–Trinajstić information content (AvgIpc) is 3.26. The summed E-state index contributed by atoms with van der Waals surface area (Å²) in [6.07, 6.45) is 4.74. The zero-order chi connectivity index (χ0) is 17.1. The smallest absolute Gasteiger partial charge is 0.275 e. The standard InChI is InChI=1S/C16H19N7O/c1-11(2)12(3)23-15(7-8-19-23)21-16(24)13-5-4-6-14(20-13)22-9-17-18-10-22/h4-12H,1-3H3,(H,21,24)/t12-/m1/s1. The van der Waals surface area contributed by atoms with Gasteiger partial charge in [-0.3, -0.25) is 9.36 Å². The lowest BCUT2D eigenvalue weighted by atomic mass is 10.1. The van der Waals surface area contributed by atoms with Crippen LogP contribution in [0.3, 0.4) is 0 Å². The highest BCUT2D eigenvalue weighted by atomic mass is 16.2. The number of amides is 1. The molecule has 0 aliphatic heterocycles. The monoisotopic (exact) mass is 325 g/mol. The Bertz CT molecular complexity index is 823. The van der Waals surface area contributed by atoms with Crippen molar-refractivity contribution in [2.24, 2.45) is 5.92 Å². The molecule has 24 heavy (non-hydrogen) atoms. The van der Waals surface area contributed by atoms with Gasteiger partial charge in [0, 0.05) is 6.07 Å². The third-order valence-electron chi connectivity index (χ3n) is 3.91. The van der Waals surface area contributed by atoms with E-state index in [0.717, 1.165) is 0 Å². The lowest BCUT2D eigenvalue weighted by Crippen LogP contribution is -2.20. The van der Waals surface area contributed by atoms with E-state index in [1.54, 1.807) is 35.0 Å². The Morgan fingerprint density at radius 3 is 2.58 bits per heavy atom. The van der Waals surface area contributed by atoms with E-state index in [4.69, 9.17) is 0 Å². The molecule has 0 fully saturated rings. The number of carbonyl (C=O) groups excluding carboxylic acids is 1. The maximum atomic E-state index is 12.5. The summed E-state index contributed by atoms with van der Waals surface area (Å²) in [5, 5.41) is 14.7. The van der Waals surface area contributed by atoms with Gasteiger partial charge in [-0.15, -0.1) is 10.2 Å². The topological polar surface area (TPSA) is 90.5 Å². The maximum Gasteiger partial charge on any atom is 0.275 e. The minimum atomic E-state index is -0.289. The highest BCUT2D eigenvalue weighted by molar-refractivity contribution is 6.02. The zero-order valence-corrected chi connectivity index (χ0v) is 13.8. The number of hydrogen-bond donors (Lipinski definition) is 1. The summed E-state index contributed by atoms with van der Waals surface area (Å²) >= 11 is 0. The maximum absolute atomic E-state index is 12.5. The van der Waals surface area contributed by atoms with E-state index in [1.807, 2.05) is 4.68 Å². The molecule has 3 aromatic rings. The second-order valence-corrected chi connectivity index (χ2v) is 5.85. The Morgan fingerprint density at radius 1 is 1.12 bits per heavy atom. The van der Waals surface area contributed by atoms with Gasteiger partial charge in [-0.1, -0.05) is 19.9 Å². The van der Waals surface area contributed by atoms with Crippen LogP contribution in [-0.4, -0.2) is 35.4 Å². The Labute approximate surface area is 139 Å². The molecule has 8 heteroatoms. The molecule has 124 valence electrons. The number of anilines is 1. The predicted octanol–water partition coefficient (Wildman–Crippen LogP) is 2.33. The van der Waals surface area contributed by atoms with E-state index < -0.39 is 0 Å². The molecule has 0 unspecified atom stereocenters. The SMILES string of the molecule is CC(C)[C@@H](C)n1nccc1NC(=O)c1cccc(-n2cnnc2)n1. The van der Waals surface area contributed by atoms with Crippen molar-refractivity contribution in [3.05, 3.63) is 48.8 Å². The summed E-state index contributed by atoms with van der Waals surface area (Å²) in [5.74, 6) is 1.34. The normalized spacial score (nSPS) is 12.3. The van der Waals surface area contributed by atoms with E-state index >= 15 is 0 Å². The van der Waals surface area contributed by atoms with Crippen molar-refractivity contribution in [3.8, 4) is 5.82 Å². The molecule has 0 aliphatic rings. The van der Waals surface area contributed by atoms with Crippen LogP contribution in [0.4, 0.5) is 5.82 Å². The highest BCUT2D eigenvalue weighted by Gasteiger charge is 2.16. The Hall–Kier alpha value is -3.03. The van der Waals surface area contributed by atoms with Gasteiger partial charge < -0.3 is 5.32 Å². The van der Waals surface area contributed by atoms with Crippen molar-refractivity contribution < 1.29 is 4.79 Å². The van der Waals surface area contributed by atoms with Crippen LogP contribution >= 0.6 is 0 Å². The summed E-state index contributed by atoms with van der Waals surface area (Å²) in [7, 11) is 0. The molecule has 3 aromatic heterocycles. The number of hydrogen-bond acceptors (Lipinski definition) is 5. The van der Waals surface area contributed by atoms with Gasteiger partial charge in [0.15, 0.2) is 0 Å². The minimum Gasteiger partial charge on any atom is -0.305 e. The summed E-state index contributed by atoms with van der Waals surface area (Å²) in [4.78, 5) is 16.9. The van der Waals surface area contributed by atoms with Gasteiger partial charge in [-0.25, -0.2) is 9.67 Å². The van der Waals surface area contributed by atoms with Crippen LogP contribution in [0, 0.1) is 5.92 Å². The Kier molecular flexibility index (Phi) is 4.37. The van der Waals surface area contributed by atoms with Crippen molar-refractivity contribution in [2.45, 2.75) is 26.8 Å². The Balaban J connectivity index is 1.82. The summed E-state index contributed by atoms with van der Waals surface area (Å²) in [5.41, 5.74) is 0.311. The number of rotatable bonds is 5. The molecule has 0 bridgehead atoms. The van der Waals surface area contributed by atoms with Gasteiger partial charge in [0.25, 0.3) is 5.91 Å². The quantitative estimate of drug-likeness (QED) is 0.777. The van der Waals surface area contributed by atoms with Crippen molar-refractivity contribution in [3.63, 3.8) is 0 Å². The lowest BCUT2D eigenvalue weighted by Gasteiger charge is -2.19. The fourth-order valence-electron chi connectivity index (χ4n) is 2.21. The molecule has 1 N–H and O–H groups in total. The van der Waals surface area contributed by atoms with Crippen LogP contribution in [-0.2, 0) is 0 Å². The lowest BCUT2D eigenvalue weighted by molar-refractivity contribution is 0.102. The number of aromatic nitrogens is 6. The van der Waals surface area contributed by atoms with E-state index in [1.165, 1.54) is 12.7 Å². The van der Waals surface area contributed by atoms with Crippen molar-refractivity contribution >= 4 is 11.7 Å². The molecule has 0 radical (unpaired) electrons. The molecule has 0 aromatic carbocycles. The summed E-state index contributed by atoms with van der Waals surface area (Å²) in [6, 6.07) is 7.17. The fourth-order valence-corrected chi connectivity index (χ4v) is 2.21. The van der Waals surface area contributed by atoms with Gasteiger partial charge >= 0.3 is 0 Å². The minimum absolute atomic E-state index is 0.173. The largest absolute Gasteiger partial charge is 0.305 e. The molecule has 1 atom stereocenters. The molecular weight excluding hydrogens is 306 g/mol. The second kappa shape index (κ2) is 6.61. The molecule has 0 saturated carbocycles. The second-order valence-electron chi connectivity index (χ2n) is 5.85. The zero-order valence-electron chi connectivity index (χ0n) is 13.8. The number of pyridine rings is 1. The van der Waals surface area contributed by atoms with Crippen LogP contribution < -0.4 is 5.32 Å². The first-order valence-electron chi connectivity index (χ1n) is 7.73. The van der Waals surface area contributed by atoms with Crippen LogP contribution in [0.25, 0.3) is 5.82 Å². The summed E-state index contributed by atoms with van der Waals surface area (Å²) in [6.45, 7) is 6.29. The van der Waals surface area contributed by atoms with Gasteiger partial charge in [0.2, 0.25) is 0 Å². The number of carbonyl (C=O) groups is 1. The van der Waals surface area contributed by atoms with E-state index in [2.05, 4.69) is 46.4 Å². The van der Waals surface area contributed by atoms with Crippen molar-refractivity contribution in [1.82, 2.24) is 29.5 Å². The van der Waals surface area contributed by atoms with E-state index in [9.17, 15) is 4.79 Å². The fraction of sp³-hybridized carbons (Fsp3) is 0.312. The van der Waals surface area contributed by atoms with Crippen molar-refractivity contribution in [2.75, 3.05) is 5.32 Å². The van der Waals surface area contributed by atoms with Crippen molar-refractivity contribution in [1.29, 1.82) is 0 Å². The number of nitrogens with zero attached hydrogens (tertiary/aromatic N) is 6. The molecule has 8 nitrogen and oxygen atoms in total. The van der Waals surface area contributed by atoms with Gasteiger partial charge in [-0.2, -0.15) is 5.10 Å². The molecular formula is C16H19N7O. The molecule has 0 spiro atoms. The third-order valence-corrected chi connectivity index (χ3v) is 3.91. The molecule has 3 heterocycles. The molecule has 0 saturated heterocycles. The van der Waals surface area contributed by atoms with Gasteiger partial charge in [0.05, 0.1) is 12.2 Å². The molecule has 3 rings (SSSR count). The third kappa shape index (κ3) is 3.17. The van der Waals surface area contributed by atoms with Gasteiger partial charge in [0.1, 0.15) is 30.0 Å². The van der Waals surface area contributed by atoms with E-state index in [0.29, 0.717) is 23.2 Å². The highest BCUT2D eigenvalue weighted by Crippen LogP contribution is 2.21. The summed E-state index contributed by atoms with van der Waals surface area (Å²) < 4.78 is 3.45. The molecule has 1 amide bonds. The molecule has 0 aliphatic carbocycles. The Morgan fingerprint density at radius 2 is 1.88 bits per heavy atom. The van der Waals surface area contributed by atoms with Crippen LogP contribution in [0.5, 0.6) is 0 Å². The number of nitrogens with one attached hydrogen (secondary N) is 1. The first-order valence-corrected chi connectivity index (χ1v) is 7.73. The van der Waals surface area contributed by atoms with Crippen LogP contribution in [0.2, 0.25) is 0 Å². The van der Waals surface area contributed by atoms with Crippen LogP contribution in [0.1, 0.15) is 37.3 Å². The van der Waals surface area contributed by atoms with E-state index in [-0.39, 0.29) is 11.9 Å².